The predicted molar refractivity (Wildman–Crippen MR) is 84.7 cm³/mol. The minimum Gasteiger partial charge on any atom is -0.484 e. The molecule has 2 aromatic carbocycles. The van der Waals surface area contributed by atoms with Gasteiger partial charge in [0.05, 0.1) is 0 Å². The number of hydrogen-bond acceptors (Lipinski definition) is 2. The lowest BCUT2D eigenvalue weighted by molar-refractivity contribution is 0.179. The van der Waals surface area contributed by atoms with Gasteiger partial charge in [-0.1, -0.05) is 41.4 Å². The number of aryl methyl sites for hydroxylation is 1. The van der Waals surface area contributed by atoms with E-state index in [2.05, 4.69) is 0 Å². The highest BCUT2D eigenvalue weighted by Gasteiger charge is 2.19. The molecule has 0 aliphatic carbocycles. The molecule has 0 bridgehead atoms. The Bertz CT molecular complexity index is 599. The summed E-state index contributed by atoms with van der Waals surface area (Å²) in [4.78, 5) is 0. The molecule has 2 N–H and O–H groups in total. The van der Waals surface area contributed by atoms with Gasteiger partial charge in [-0.2, -0.15) is 0 Å². The van der Waals surface area contributed by atoms with Crippen LogP contribution >= 0.6 is 23.2 Å². The van der Waals surface area contributed by atoms with Gasteiger partial charge in [0, 0.05) is 16.1 Å². The van der Waals surface area contributed by atoms with E-state index in [0.717, 1.165) is 16.9 Å². The molecule has 0 heterocycles. The van der Waals surface area contributed by atoms with E-state index in [-0.39, 0.29) is 12.1 Å². The Labute approximate surface area is 129 Å². The van der Waals surface area contributed by atoms with Crippen LogP contribution in [0.4, 0.5) is 0 Å². The van der Waals surface area contributed by atoms with Crippen LogP contribution in [-0.2, 0) is 0 Å². The van der Waals surface area contributed by atoms with E-state index in [1.165, 1.54) is 0 Å². The lowest BCUT2D eigenvalue weighted by atomic mass is 10.0. The molecular weight excluding hydrogens is 293 g/mol. The maximum absolute atomic E-state index is 6.06. The van der Waals surface area contributed by atoms with Gasteiger partial charge in [0.25, 0.3) is 0 Å². The Balaban J connectivity index is 2.33. The summed E-state index contributed by atoms with van der Waals surface area (Å²) in [7, 11) is 0. The molecule has 0 aromatic heterocycles. The van der Waals surface area contributed by atoms with E-state index in [0.29, 0.717) is 10.0 Å². The first-order valence-electron chi connectivity index (χ1n) is 6.41. The second kappa shape index (κ2) is 6.49. The summed E-state index contributed by atoms with van der Waals surface area (Å²) >= 11 is 12.1. The van der Waals surface area contributed by atoms with Crippen LogP contribution in [0, 0.1) is 6.92 Å². The van der Waals surface area contributed by atoms with E-state index in [1.807, 2.05) is 50.2 Å². The SMILES string of the molecule is Cc1ccc(Cl)cc1OC(c1cccc(Cl)c1)C(C)N. The lowest BCUT2D eigenvalue weighted by Gasteiger charge is -2.24. The molecule has 4 heteroatoms. The number of halogens is 2. The summed E-state index contributed by atoms with van der Waals surface area (Å²) in [5, 5.41) is 1.31. The molecule has 0 amide bonds. The van der Waals surface area contributed by atoms with Crippen LogP contribution in [0.1, 0.15) is 24.2 Å². The third kappa shape index (κ3) is 3.66. The summed E-state index contributed by atoms with van der Waals surface area (Å²) in [5.74, 6) is 0.736. The van der Waals surface area contributed by atoms with Crippen LogP contribution in [0.3, 0.4) is 0 Å². The standard InChI is InChI=1S/C16H17Cl2NO/c1-10-6-7-14(18)9-15(10)20-16(11(2)19)12-4-3-5-13(17)8-12/h3-9,11,16H,19H2,1-2H3. The van der Waals surface area contributed by atoms with Gasteiger partial charge in [-0.15, -0.1) is 0 Å². The van der Waals surface area contributed by atoms with E-state index in [4.69, 9.17) is 33.7 Å². The Morgan fingerprint density at radius 1 is 1.05 bits per heavy atom. The zero-order chi connectivity index (χ0) is 14.7. The molecular formula is C16H17Cl2NO. The molecule has 0 aliphatic heterocycles. The number of hydrogen-bond donors (Lipinski definition) is 1. The molecule has 2 atom stereocenters. The summed E-state index contributed by atoms with van der Waals surface area (Å²) in [6.45, 7) is 3.88. The molecule has 0 saturated carbocycles. The first-order chi connectivity index (χ1) is 9.47. The molecule has 2 aromatic rings. The van der Waals surface area contributed by atoms with Crippen LogP contribution in [-0.4, -0.2) is 6.04 Å². The minimum atomic E-state index is -0.272. The zero-order valence-corrected chi connectivity index (χ0v) is 12.9. The fourth-order valence-electron chi connectivity index (χ4n) is 2.00. The maximum atomic E-state index is 6.06. The van der Waals surface area contributed by atoms with Gasteiger partial charge in [-0.3, -0.25) is 0 Å². The molecule has 2 rings (SSSR count). The van der Waals surface area contributed by atoms with Crippen molar-refractivity contribution in [1.29, 1.82) is 0 Å². The average molecular weight is 310 g/mol. The van der Waals surface area contributed by atoms with Crippen LogP contribution in [0.2, 0.25) is 10.0 Å². The van der Waals surface area contributed by atoms with Crippen molar-refractivity contribution in [1.82, 2.24) is 0 Å². The van der Waals surface area contributed by atoms with Crippen molar-refractivity contribution in [3.05, 3.63) is 63.6 Å². The topological polar surface area (TPSA) is 35.2 Å². The smallest absolute Gasteiger partial charge is 0.139 e. The van der Waals surface area contributed by atoms with E-state index in [1.54, 1.807) is 6.07 Å². The first-order valence-corrected chi connectivity index (χ1v) is 7.17. The van der Waals surface area contributed by atoms with Crippen molar-refractivity contribution < 1.29 is 4.74 Å². The van der Waals surface area contributed by atoms with Crippen LogP contribution < -0.4 is 10.5 Å². The van der Waals surface area contributed by atoms with Gasteiger partial charge in [0.1, 0.15) is 11.9 Å². The zero-order valence-electron chi connectivity index (χ0n) is 11.4. The summed E-state index contributed by atoms with van der Waals surface area (Å²) < 4.78 is 6.06. The molecule has 20 heavy (non-hydrogen) atoms. The second-order valence-corrected chi connectivity index (χ2v) is 5.74. The third-order valence-corrected chi connectivity index (χ3v) is 3.53. The quantitative estimate of drug-likeness (QED) is 0.883. The van der Waals surface area contributed by atoms with Gasteiger partial charge >= 0.3 is 0 Å². The van der Waals surface area contributed by atoms with E-state index >= 15 is 0 Å². The fraction of sp³-hybridized carbons (Fsp3) is 0.250. The maximum Gasteiger partial charge on any atom is 0.139 e. The van der Waals surface area contributed by atoms with Crippen molar-refractivity contribution in [3.8, 4) is 5.75 Å². The normalized spacial score (nSPS) is 13.8. The van der Waals surface area contributed by atoms with Gasteiger partial charge in [0.15, 0.2) is 0 Å². The third-order valence-electron chi connectivity index (χ3n) is 3.06. The van der Waals surface area contributed by atoms with Crippen molar-refractivity contribution in [3.63, 3.8) is 0 Å². The highest BCUT2D eigenvalue weighted by Crippen LogP contribution is 2.30. The van der Waals surface area contributed by atoms with E-state index in [9.17, 15) is 0 Å². The minimum absolute atomic E-state index is 0.174. The van der Waals surface area contributed by atoms with Gasteiger partial charge in [0.2, 0.25) is 0 Å². The Kier molecular flexibility index (Phi) is 4.92. The van der Waals surface area contributed by atoms with Crippen LogP contribution in [0.5, 0.6) is 5.75 Å². The van der Waals surface area contributed by atoms with Crippen molar-refractivity contribution in [2.45, 2.75) is 26.0 Å². The van der Waals surface area contributed by atoms with Gasteiger partial charge < -0.3 is 10.5 Å². The largest absolute Gasteiger partial charge is 0.484 e. The molecule has 0 fully saturated rings. The van der Waals surface area contributed by atoms with Gasteiger partial charge in [-0.05, 0) is 49.2 Å². The van der Waals surface area contributed by atoms with Crippen molar-refractivity contribution >= 4 is 23.2 Å². The summed E-state index contributed by atoms with van der Waals surface area (Å²) in [6.07, 6.45) is -0.272. The number of nitrogens with two attached hydrogens (primary N) is 1. The molecule has 106 valence electrons. The number of rotatable bonds is 4. The monoisotopic (exact) mass is 309 g/mol. The summed E-state index contributed by atoms with van der Waals surface area (Å²) in [5.41, 5.74) is 8.02. The average Bonchev–Trinajstić information content (AvgIpc) is 2.39. The van der Waals surface area contributed by atoms with Crippen molar-refractivity contribution in [2.24, 2.45) is 5.73 Å². The molecule has 0 aliphatic rings. The molecule has 0 radical (unpaired) electrons. The van der Waals surface area contributed by atoms with Crippen LogP contribution in [0.25, 0.3) is 0 Å². The molecule has 0 spiro atoms. The van der Waals surface area contributed by atoms with Crippen molar-refractivity contribution in [2.75, 3.05) is 0 Å². The highest BCUT2D eigenvalue weighted by atomic mass is 35.5. The fourth-order valence-corrected chi connectivity index (χ4v) is 2.36. The van der Waals surface area contributed by atoms with E-state index < -0.39 is 0 Å². The first kappa shape index (κ1) is 15.2. The Hall–Kier alpha value is -1.22. The Morgan fingerprint density at radius 3 is 2.40 bits per heavy atom. The highest BCUT2D eigenvalue weighted by molar-refractivity contribution is 6.31. The lowest BCUT2D eigenvalue weighted by Crippen LogP contribution is -2.29. The predicted octanol–water partition coefficient (Wildman–Crippen LogP) is 4.77. The Morgan fingerprint density at radius 2 is 1.75 bits per heavy atom. The number of ether oxygens (including phenoxy) is 1. The molecule has 2 unspecified atom stereocenters. The van der Waals surface area contributed by atoms with Gasteiger partial charge in [-0.25, -0.2) is 0 Å². The number of benzene rings is 2. The van der Waals surface area contributed by atoms with Crippen LogP contribution in [0.15, 0.2) is 42.5 Å². The molecule has 2 nitrogen and oxygen atoms in total. The molecule has 0 saturated heterocycles. The summed E-state index contributed by atoms with van der Waals surface area (Å²) in [6, 6.07) is 12.9. The second-order valence-electron chi connectivity index (χ2n) is 4.86.